The van der Waals surface area contributed by atoms with Gasteiger partial charge in [0, 0.05) is 24.3 Å². The number of nitrogens with zero attached hydrogens (tertiary/aromatic N) is 1. The Bertz CT molecular complexity index is 847. The fourth-order valence-corrected chi connectivity index (χ4v) is 3.55. The summed E-state index contributed by atoms with van der Waals surface area (Å²) in [7, 11) is -0.593. The number of aryl methyl sites for hydroxylation is 1. The number of hydrogen-bond acceptors (Lipinski definition) is 3. The van der Waals surface area contributed by atoms with E-state index >= 15 is 0 Å². The van der Waals surface area contributed by atoms with Gasteiger partial charge in [-0.15, -0.1) is 0 Å². The average molecular weight is 411 g/mol. The van der Waals surface area contributed by atoms with Crippen LogP contribution in [0.1, 0.15) is 11.1 Å². The molecule has 0 saturated heterocycles. The Hall–Kier alpha value is -1.70. The van der Waals surface area contributed by atoms with Gasteiger partial charge in [0.05, 0.1) is 11.3 Å². The molecule has 0 spiro atoms. The number of sulfonamides is 1. The molecular formula is C17H19BrN2O3S. The van der Waals surface area contributed by atoms with E-state index in [1.807, 2.05) is 24.3 Å². The minimum Gasteiger partial charge on any atom is -0.326 e. The zero-order valence-electron chi connectivity index (χ0n) is 13.7. The van der Waals surface area contributed by atoms with Crippen LogP contribution >= 0.6 is 15.9 Å². The van der Waals surface area contributed by atoms with Crippen molar-refractivity contribution >= 4 is 37.5 Å². The summed E-state index contributed by atoms with van der Waals surface area (Å²) < 4.78 is 26.7. The number of rotatable bonds is 5. The number of benzene rings is 2. The molecule has 0 aliphatic carbocycles. The van der Waals surface area contributed by atoms with E-state index in [0.717, 1.165) is 14.3 Å². The van der Waals surface area contributed by atoms with Crippen molar-refractivity contribution in [3.05, 3.63) is 58.1 Å². The first-order valence-corrected chi connectivity index (χ1v) is 9.51. The fourth-order valence-electron chi connectivity index (χ4n) is 2.15. The minimum atomic E-state index is -3.55. The van der Waals surface area contributed by atoms with Gasteiger partial charge in [0.25, 0.3) is 0 Å². The van der Waals surface area contributed by atoms with Crippen molar-refractivity contribution in [2.75, 3.05) is 19.4 Å². The molecule has 0 aliphatic rings. The average Bonchev–Trinajstić information content (AvgIpc) is 2.51. The minimum absolute atomic E-state index is 0.189. The molecule has 0 aliphatic heterocycles. The van der Waals surface area contributed by atoms with Gasteiger partial charge in [0.2, 0.25) is 15.9 Å². The lowest BCUT2D eigenvalue weighted by molar-refractivity contribution is -0.115. The Morgan fingerprint density at radius 2 is 1.75 bits per heavy atom. The number of carbonyl (C=O) groups excluding carboxylic acids is 1. The van der Waals surface area contributed by atoms with E-state index in [4.69, 9.17) is 0 Å². The molecule has 0 aromatic heterocycles. The highest BCUT2D eigenvalue weighted by Crippen LogP contribution is 2.22. The van der Waals surface area contributed by atoms with Gasteiger partial charge in [-0.25, -0.2) is 12.7 Å². The largest absolute Gasteiger partial charge is 0.326 e. The molecule has 2 rings (SSSR count). The summed E-state index contributed by atoms with van der Waals surface area (Å²) in [6.45, 7) is 1.73. The van der Waals surface area contributed by atoms with Crippen molar-refractivity contribution in [1.82, 2.24) is 4.31 Å². The second-order valence-corrected chi connectivity index (χ2v) is 8.66. The smallest absolute Gasteiger partial charge is 0.242 e. The van der Waals surface area contributed by atoms with Crippen molar-refractivity contribution in [2.24, 2.45) is 0 Å². The molecule has 2 aromatic rings. The molecule has 24 heavy (non-hydrogen) atoms. The summed E-state index contributed by atoms with van der Waals surface area (Å²) in [5.41, 5.74) is 1.97. The molecule has 0 radical (unpaired) electrons. The highest BCUT2D eigenvalue weighted by atomic mass is 79.9. The number of amides is 1. The molecule has 1 amide bonds. The molecular weight excluding hydrogens is 392 g/mol. The first kappa shape index (κ1) is 18.6. The van der Waals surface area contributed by atoms with Gasteiger partial charge in [-0.2, -0.15) is 0 Å². The molecule has 128 valence electrons. The van der Waals surface area contributed by atoms with E-state index in [2.05, 4.69) is 21.2 Å². The standard InChI is InChI=1S/C17H19BrN2O3S/c1-12-4-9-15(11-16(12)24(22,23)20(2)3)19-17(21)10-13-5-7-14(18)8-6-13/h4-9,11H,10H2,1-3H3,(H,19,21). The number of carbonyl (C=O) groups is 1. The molecule has 1 N–H and O–H groups in total. The highest BCUT2D eigenvalue weighted by Gasteiger charge is 2.20. The molecule has 0 fully saturated rings. The Morgan fingerprint density at radius 3 is 2.33 bits per heavy atom. The van der Waals surface area contributed by atoms with Crippen molar-refractivity contribution < 1.29 is 13.2 Å². The third-order valence-electron chi connectivity index (χ3n) is 3.51. The zero-order chi connectivity index (χ0) is 17.9. The lowest BCUT2D eigenvalue weighted by atomic mass is 10.1. The van der Waals surface area contributed by atoms with Gasteiger partial charge in [0.15, 0.2) is 0 Å². The van der Waals surface area contributed by atoms with Crippen molar-refractivity contribution in [3.8, 4) is 0 Å². The second-order valence-electron chi connectivity index (χ2n) is 5.62. The third kappa shape index (κ3) is 4.43. The molecule has 0 unspecified atom stereocenters. The monoisotopic (exact) mass is 410 g/mol. The molecule has 7 heteroatoms. The van der Waals surface area contributed by atoms with Crippen LogP contribution in [0.3, 0.4) is 0 Å². The van der Waals surface area contributed by atoms with E-state index in [1.54, 1.807) is 19.1 Å². The summed E-state index contributed by atoms with van der Waals surface area (Å²) in [6, 6.07) is 12.3. The predicted molar refractivity (Wildman–Crippen MR) is 98.5 cm³/mol. The third-order valence-corrected chi connectivity index (χ3v) is 5.99. The predicted octanol–water partition coefficient (Wildman–Crippen LogP) is 3.19. The quantitative estimate of drug-likeness (QED) is 0.822. The van der Waals surface area contributed by atoms with Crippen molar-refractivity contribution in [1.29, 1.82) is 0 Å². The maximum Gasteiger partial charge on any atom is 0.242 e. The van der Waals surface area contributed by atoms with Crippen LogP contribution in [0, 0.1) is 6.92 Å². The number of anilines is 1. The van der Waals surface area contributed by atoms with Crippen LogP contribution in [0.4, 0.5) is 5.69 Å². The van der Waals surface area contributed by atoms with Gasteiger partial charge < -0.3 is 5.32 Å². The summed E-state index contributed by atoms with van der Waals surface area (Å²) in [5, 5.41) is 2.75. The molecule has 0 heterocycles. The topological polar surface area (TPSA) is 66.5 Å². The molecule has 0 atom stereocenters. The van der Waals surface area contributed by atoms with E-state index in [9.17, 15) is 13.2 Å². The van der Waals surface area contributed by atoms with Gasteiger partial charge in [-0.05, 0) is 42.3 Å². The Balaban J connectivity index is 2.18. The van der Waals surface area contributed by atoms with Gasteiger partial charge in [-0.1, -0.05) is 34.1 Å². The van der Waals surface area contributed by atoms with Crippen molar-refractivity contribution in [3.63, 3.8) is 0 Å². The highest BCUT2D eigenvalue weighted by molar-refractivity contribution is 9.10. The van der Waals surface area contributed by atoms with E-state index in [0.29, 0.717) is 11.3 Å². The lowest BCUT2D eigenvalue weighted by Gasteiger charge is -2.15. The Kier molecular flexibility index (Phi) is 5.79. The number of nitrogens with one attached hydrogen (secondary N) is 1. The maximum absolute atomic E-state index is 12.3. The number of halogens is 1. The van der Waals surface area contributed by atoms with Crippen LogP contribution in [0.2, 0.25) is 0 Å². The van der Waals surface area contributed by atoms with Crippen LogP contribution in [-0.2, 0) is 21.2 Å². The van der Waals surface area contributed by atoms with E-state index in [-0.39, 0.29) is 17.2 Å². The van der Waals surface area contributed by atoms with Crippen molar-refractivity contribution in [2.45, 2.75) is 18.2 Å². The SMILES string of the molecule is Cc1ccc(NC(=O)Cc2ccc(Br)cc2)cc1S(=O)(=O)N(C)C. The zero-order valence-corrected chi connectivity index (χ0v) is 16.1. The normalized spacial score (nSPS) is 11.5. The van der Waals surface area contributed by atoms with E-state index in [1.165, 1.54) is 20.2 Å². The Labute approximate surface area is 150 Å². The molecule has 2 aromatic carbocycles. The van der Waals surface area contributed by atoms with Crippen LogP contribution in [0.5, 0.6) is 0 Å². The number of hydrogen-bond donors (Lipinski definition) is 1. The molecule has 0 saturated carbocycles. The van der Waals surface area contributed by atoms with Gasteiger partial charge in [-0.3, -0.25) is 4.79 Å². The van der Waals surface area contributed by atoms with Crippen LogP contribution in [0.15, 0.2) is 51.8 Å². The first-order valence-electron chi connectivity index (χ1n) is 7.27. The lowest BCUT2D eigenvalue weighted by Crippen LogP contribution is -2.23. The van der Waals surface area contributed by atoms with Crippen LogP contribution in [0.25, 0.3) is 0 Å². The summed E-state index contributed by atoms with van der Waals surface area (Å²) in [4.78, 5) is 12.4. The Morgan fingerprint density at radius 1 is 1.12 bits per heavy atom. The first-order chi connectivity index (χ1) is 11.2. The second kappa shape index (κ2) is 7.46. The summed E-state index contributed by atoms with van der Waals surface area (Å²) in [5.74, 6) is -0.200. The fraction of sp³-hybridized carbons (Fsp3) is 0.235. The maximum atomic E-state index is 12.3. The summed E-state index contributed by atoms with van der Waals surface area (Å²) >= 11 is 3.35. The van der Waals surface area contributed by atoms with E-state index < -0.39 is 10.0 Å². The molecule has 5 nitrogen and oxygen atoms in total. The summed E-state index contributed by atoms with van der Waals surface area (Å²) in [6.07, 6.45) is 0.219. The molecule has 0 bridgehead atoms. The van der Waals surface area contributed by atoms with Gasteiger partial charge in [0.1, 0.15) is 0 Å². The van der Waals surface area contributed by atoms with Gasteiger partial charge >= 0.3 is 0 Å². The van der Waals surface area contributed by atoms with Crippen LogP contribution < -0.4 is 5.32 Å². The van der Waals surface area contributed by atoms with Crippen LogP contribution in [-0.4, -0.2) is 32.7 Å².